The quantitative estimate of drug-likeness (QED) is 0.703. The summed E-state index contributed by atoms with van der Waals surface area (Å²) < 4.78 is 38.2. The van der Waals surface area contributed by atoms with Crippen LogP contribution in [0.15, 0.2) is 42.6 Å². The summed E-state index contributed by atoms with van der Waals surface area (Å²) in [6.07, 6.45) is 3.05. The first-order valence-corrected chi connectivity index (χ1v) is 8.51. The average Bonchev–Trinajstić information content (AvgIpc) is 2.54. The third kappa shape index (κ3) is 2.72. The highest BCUT2D eigenvalue weighted by molar-refractivity contribution is 5.41. The number of benzene rings is 1. The predicted molar refractivity (Wildman–Crippen MR) is 86.4 cm³/mol. The minimum absolute atomic E-state index is 0.418. The normalized spacial score (nSPS) is 24.3. The molecule has 0 N–H and O–H groups in total. The van der Waals surface area contributed by atoms with Gasteiger partial charge in [0.2, 0.25) is 0 Å². The van der Waals surface area contributed by atoms with Gasteiger partial charge < -0.3 is 0 Å². The fourth-order valence-electron chi connectivity index (χ4n) is 4.17. The van der Waals surface area contributed by atoms with E-state index in [4.69, 9.17) is 0 Å². The average molecular weight is 330 g/mol. The molecular formula is C20H19F3N. The van der Waals surface area contributed by atoms with Crippen LogP contribution in [0.25, 0.3) is 0 Å². The van der Waals surface area contributed by atoms with Crippen LogP contribution in [0.4, 0.5) is 13.2 Å². The number of alkyl halides is 3. The maximum Gasteiger partial charge on any atom is 0.416 e. The summed E-state index contributed by atoms with van der Waals surface area (Å²) in [7, 11) is 0. The lowest BCUT2D eigenvalue weighted by molar-refractivity contribution is -0.137. The van der Waals surface area contributed by atoms with Gasteiger partial charge in [-0.1, -0.05) is 18.2 Å². The Labute approximate surface area is 139 Å². The van der Waals surface area contributed by atoms with Crippen molar-refractivity contribution in [3.05, 3.63) is 70.9 Å². The topological polar surface area (TPSA) is 12.9 Å². The third-order valence-corrected chi connectivity index (χ3v) is 5.48. The molecule has 1 aromatic heterocycles. The molecule has 24 heavy (non-hydrogen) atoms. The molecule has 0 bridgehead atoms. The lowest BCUT2D eigenvalue weighted by Gasteiger charge is -2.43. The highest BCUT2D eigenvalue weighted by Crippen LogP contribution is 2.52. The number of aromatic nitrogens is 1. The molecule has 0 amide bonds. The second kappa shape index (κ2) is 5.91. The van der Waals surface area contributed by atoms with Gasteiger partial charge in [0.1, 0.15) is 0 Å². The van der Waals surface area contributed by atoms with Gasteiger partial charge in [-0.3, -0.25) is 4.98 Å². The minimum atomic E-state index is -4.27. The van der Waals surface area contributed by atoms with E-state index in [-0.39, 0.29) is 0 Å². The van der Waals surface area contributed by atoms with Gasteiger partial charge >= 0.3 is 6.18 Å². The van der Waals surface area contributed by atoms with Crippen LogP contribution in [0, 0.1) is 11.8 Å². The Morgan fingerprint density at radius 1 is 0.917 bits per heavy atom. The molecule has 1 fully saturated rings. The van der Waals surface area contributed by atoms with E-state index in [9.17, 15) is 13.2 Å². The summed E-state index contributed by atoms with van der Waals surface area (Å²) in [4.78, 5) is 4.62. The van der Waals surface area contributed by atoms with Crippen LogP contribution >= 0.6 is 0 Å². The van der Waals surface area contributed by atoms with Crippen LogP contribution in [0.1, 0.15) is 54.0 Å². The van der Waals surface area contributed by atoms with Gasteiger partial charge in [-0.05, 0) is 67.3 Å². The predicted octanol–water partition coefficient (Wildman–Crippen LogP) is 5.55. The second-order valence-electron chi connectivity index (χ2n) is 6.79. The SMILES string of the molecule is FC(F)(F)c1ccc([C]2CCC2C2CCCc3cccnc32)cc1. The molecule has 0 spiro atoms. The summed E-state index contributed by atoms with van der Waals surface area (Å²) in [5.74, 6) is 2.14. The molecule has 0 aliphatic heterocycles. The van der Waals surface area contributed by atoms with Crippen LogP contribution < -0.4 is 0 Å². The number of hydrogen-bond donors (Lipinski definition) is 0. The van der Waals surface area contributed by atoms with Crippen LogP contribution in [0.3, 0.4) is 0 Å². The summed E-state index contributed by atoms with van der Waals surface area (Å²) in [6.45, 7) is 0. The molecule has 4 heteroatoms. The lowest BCUT2D eigenvalue weighted by atomic mass is 9.61. The molecule has 125 valence electrons. The Kier molecular flexibility index (Phi) is 3.86. The highest BCUT2D eigenvalue weighted by Gasteiger charge is 2.41. The molecule has 2 aliphatic rings. The Hall–Kier alpha value is -1.84. The van der Waals surface area contributed by atoms with E-state index in [2.05, 4.69) is 11.1 Å². The molecule has 1 radical (unpaired) electrons. The first kappa shape index (κ1) is 15.7. The number of fused-ring (bicyclic) bond motifs is 1. The Morgan fingerprint density at radius 2 is 1.71 bits per heavy atom. The van der Waals surface area contributed by atoms with Crippen molar-refractivity contribution in [1.82, 2.24) is 4.98 Å². The van der Waals surface area contributed by atoms with Gasteiger partial charge in [0.15, 0.2) is 0 Å². The van der Waals surface area contributed by atoms with Crippen LogP contribution in [0.5, 0.6) is 0 Å². The number of halogens is 3. The van der Waals surface area contributed by atoms with Crippen LogP contribution in [-0.4, -0.2) is 4.98 Å². The van der Waals surface area contributed by atoms with E-state index in [1.165, 1.54) is 35.7 Å². The molecule has 1 heterocycles. The standard InChI is InChI=1S/C20H19F3N/c21-20(22,23)15-8-6-13(7-9-15)16-10-11-17(16)18-5-1-3-14-4-2-12-24-19(14)18/h2,4,6-9,12,17-18H,1,3,5,10-11H2. The van der Waals surface area contributed by atoms with Crippen molar-refractivity contribution in [3.8, 4) is 0 Å². The van der Waals surface area contributed by atoms with Gasteiger partial charge in [0.25, 0.3) is 0 Å². The molecule has 2 unspecified atom stereocenters. The molecule has 2 atom stereocenters. The van der Waals surface area contributed by atoms with E-state index >= 15 is 0 Å². The number of nitrogens with zero attached hydrogens (tertiary/aromatic N) is 1. The van der Waals surface area contributed by atoms with Gasteiger partial charge in [-0.2, -0.15) is 13.2 Å². The second-order valence-corrected chi connectivity index (χ2v) is 6.79. The van der Waals surface area contributed by atoms with Crippen molar-refractivity contribution < 1.29 is 13.2 Å². The lowest BCUT2D eigenvalue weighted by Crippen LogP contribution is -2.32. The summed E-state index contributed by atoms with van der Waals surface area (Å²) in [6, 6.07) is 9.81. The number of rotatable bonds is 2. The van der Waals surface area contributed by atoms with Gasteiger partial charge in [-0.25, -0.2) is 0 Å². The largest absolute Gasteiger partial charge is 0.416 e. The molecule has 2 aromatic rings. The van der Waals surface area contributed by atoms with E-state index in [1.54, 1.807) is 12.1 Å². The van der Waals surface area contributed by atoms with E-state index < -0.39 is 11.7 Å². The van der Waals surface area contributed by atoms with Crippen LogP contribution in [-0.2, 0) is 12.6 Å². The van der Waals surface area contributed by atoms with Gasteiger partial charge in [0.05, 0.1) is 5.56 Å². The maximum absolute atomic E-state index is 12.7. The Morgan fingerprint density at radius 3 is 2.38 bits per heavy atom. The monoisotopic (exact) mass is 330 g/mol. The van der Waals surface area contributed by atoms with E-state index in [1.807, 2.05) is 12.3 Å². The zero-order valence-corrected chi connectivity index (χ0v) is 13.3. The molecule has 0 saturated heterocycles. The molecule has 1 aromatic carbocycles. The Bertz CT molecular complexity index is 720. The zero-order valence-electron chi connectivity index (χ0n) is 13.3. The first-order valence-electron chi connectivity index (χ1n) is 8.51. The summed E-state index contributed by atoms with van der Waals surface area (Å²) in [5.41, 5.74) is 2.93. The van der Waals surface area contributed by atoms with E-state index in [0.717, 1.165) is 31.2 Å². The third-order valence-electron chi connectivity index (χ3n) is 5.48. The zero-order chi connectivity index (χ0) is 16.7. The fraction of sp³-hybridized carbons (Fsp3) is 0.400. The van der Waals surface area contributed by atoms with Crippen molar-refractivity contribution in [3.63, 3.8) is 0 Å². The molecule has 1 nitrogen and oxygen atoms in total. The molecular weight excluding hydrogens is 311 g/mol. The molecule has 4 rings (SSSR count). The van der Waals surface area contributed by atoms with Crippen LogP contribution in [0.2, 0.25) is 0 Å². The maximum atomic E-state index is 12.7. The Balaban J connectivity index is 1.57. The smallest absolute Gasteiger partial charge is 0.261 e. The van der Waals surface area contributed by atoms with Crippen molar-refractivity contribution >= 4 is 0 Å². The van der Waals surface area contributed by atoms with Crippen molar-refractivity contribution in [1.29, 1.82) is 0 Å². The molecule has 2 aliphatic carbocycles. The van der Waals surface area contributed by atoms with Gasteiger partial charge in [-0.15, -0.1) is 0 Å². The molecule has 1 saturated carbocycles. The van der Waals surface area contributed by atoms with Gasteiger partial charge in [0, 0.05) is 23.7 Å². The summed E-state index contributed by atoms with van der Waals surface area (Å²) >= 11 is 0. The summed E-state index contributed by atoms with van der Waals surface area (Å²) in [5, 5.41) is 0. The van der Waals surface area contributed by atoms with Crippen molar-refractivity contribution in [2.24, 2.45) is 5.92 Å². The number of pyridine rings is 1. The minimum Gasteiger partial charge on any atom is -0.261 e. The van der Waals surface area contributed by atoms with Crippen molar-refractivity contribution in [2.75, 3.05) is 0 Å². The number of hydrogen-bond acceptors (Lipinski definition) is 1. The number of aryl methyl sites for hydroxylation is 1. The highest BCUT2D eigenvalue weighted by atomic mass is 19.4. The van der Waals surface area contributed by atoms with E-state index in [0.29, 0.717) is 11.8 Å². The fourth-order valence-corrected chi connectivity index (χ4v) is 4.17. The van der Waals surface area contributed by atoms with Crippen molar-refractivity contribution in [2.45, 2.75) is 44.2 Å². The first-order chi connectivity index (χ1) is 11.5.